The van der Waals surface area contributed by atoms with E-state index in [4.69, 9.17) is 10.7 Å². The highest BCUT2D eigenvalue weighted by Gasteiger charge is 2.24. The zero-order chi connectivity index (χ0) is 13.9. The zero-order valence-electron chi connectivity index (χ0n) is 12.1. The number of aromatic nitrogens is 1. The van der Waals surface area contributed by atoms with E-state index in [9.17, 15) is 0 Å². The molecule has 3 nitrogen and oxygen atoms in total. The van der Waals surface area contributed by atoms with E-state index >= 15 is 0 Å². The maximum atomic E-state index is 5.97. The van der Waals surface area contributed by atoms with E-state index in [2.05, 4.69) is 36.5 Å². The quantitative estimate of drug-likeness (QED) is 0.893. The SMILES string of the molecule is Cc1cc2ccccc2nc1NC(CN)C1CCCC1. The molecule has 106 valence electrons. The molecule has 1 atom stereocenters. The predicted octanol–water partition coefficient (Wildman–Crippen LogP) is 3.47. The normalized spacial score (nSPS) is 17.5. The van der Waals surface area contributed by atoms with Gasteiger partial charge in [-0.05, 0) is 43.4 Å². The molecule has 1 unspecified atom stereocenters. The molecule has 0 amide bonds. The van der Waals surface area contributed by atoms with Crippen LogP contribution in [-0.2, 0) is 0 Å². The van der Waals surface area contributed by atoms with Crippen LogP contribution in [0.5, 0.6) is 0 Å². The number of nitrogens with one attached hydrogen (secondary N) is 1. The minimum absolute atomic E-state index is 0.352. The molecule has 0 spiro atoms. The summed E-state index contributed by atoms with van der Waals surface area (Å²) in [5.74, 6) is 1.69. The number of aryl methyl sites for hydroxylation is 1. The Morgan fingerprint density at radius 3 is 2.80 bits per heavy atom. The third kappa shape index (κ3) is 2.63. The van der Waals surface area contributed by atoms with Crippen molar-refractivity contribution in [3.05, 3.63) is 35.9 Å². The van der Waals surface area contributed by atoms with Gasteiger partial charge in [-0.3, -0.25) is 0 Å². The van der Waals surface area contributed by atoms with E-state index < -0.39 is 0 Å². The highest BCUT2D eigenvalue weighted by Crippen LogP contribution is 2.30. The molecule has 1 heterocycles. The molecular formula is C17H23N3. The fourth-order valence-corrected chi connectivity index (χ4v) is 3.27. The van der Waals surface area contributed by atoms with Gasteiger partial charge in [-0.1, -0.05) is 31.0 Å². The second kappa shape index (κ2) is 5.80. The number of nitrogens with zero attached hydrogens (tertiary/aromatic N) is 1. The van der Waals surface area contributed by atoms with Crippen molar-refractivity contribution in [1.29, 1.82) is 0 Å². The van der Waals surface area contributed by atoms with Gasteiger partial charge < -0.3 is 11.1 Å². The lowest BCUT2D eigenvalue weighted by Crippen LogP contribution is -2.35. The molecular weight excluding hydrogens is 246 g/mol. The lowest BCUT2D eigenvalue weighted by atomic mass is 9.98. The van der Waals surface area contributed by atoms with Crippen molar-refractivity contribution in [2.24, 2.45) is 11.7 Å². The standard InChI is InChI=1S/C17H23N3/c1-12-10-14-8-4-5-9-15(14)19-17(12)20-16(11-18)13-6-2-3-7-13/h4-5,8-10,13,16H,2-3,6-7,11,18H2,1H3,(H,19,20). The summed E-state index contributed by atoms with van der Waals surface area (Å²) in [4.78, 5) is 4.77. The van der Waals surface area contributed by atoms with Crippen LogP contribution in [0.3, 0.4) is 0 Å². The predicted molar refractivity (Wildman–Crippen MR) is 84.9 cm³/mol. The number of anilines is 1. The molecule has 1 aliphatic rings. The average Bonchev–Trinajstić information content (AvgIpc) is 2.99. The smallest absolute Gasteiger partial charge is 0.129 e. The molecule has 0 aliphatic heterocycles. The Labute approximate surface area is 120 Å². The van der Waals surface area contributed by atoms with Crippen LogP contribution < -0.4 is 11.1 Å². The summed E-state index contributed by atoms with van der Waals surface area (Å²) in [6.45, 7) is 2.79. The van der Waals surface area contributed by atoms with Gasteiger partial charge in [0.25, 0.3) is 0 Å². The van der Waals surface area contributed by atoms with E-state index in [-0.39, 0.29) is 0 Å². The first-order valence-corrected chi connectivity index (χ1v) is 7.61. The molecule has 0 saturated heterocycles. The molecule has 1 aromatic carbocycles. The number of nitrogens with two attached hydrogens (primary N) is 1. The molecule has 3 heteroatoms. The van der Waals surface area contributed by atoms with Gasteiger partial charge in [0.05, 0.1) is 5.52 Å². The summed E-state index contributed by atoms with van der Waals surface area (Å²) >= 11 is 0. The summed E-state index contributed by atoms with van der Waals surface area (Å²) in [5, 5.41) is 4.79. The van der Waals surface area contributed by atoms with Gasteiger partial charge in [-0.15, -0.1) is 0 Å². The number of pyridine rings is 1. The van der Waals surface area contributed by atoms with E-state index in [1.807, 2.05) is 6.07 Å². The van der Waals surface area contributed by atoms with Gasteiger partial charge in [0, 0.05) is 18.0 Å². The topological polar surface area (TPSA) is 50.9 Å². The molecule has 2 aromatic rings. The average molecular weight is 269 g/mol. The van der Waals surface area contributed by atoms with Crippen molar-refractivity contribution in [2.75, 3.05) is 11.9 Å². The Morgan fingerprint density at radius 2 is 2.05 bits per heavy atom. The number of para-hydroxylation sites is 1. The maximum Gasteiger partial charge on any atom is 0.129 e. The van der Waals surface area contributed by atoms with Gasteiger partial charge in [0.2, 0.25) is 0 Å². The maximum absolute atomic E-state index is 5.97. The van der Waals surface area contributed by atoms with Gasteiger partial charge in [0.1, 0.15) is 5.82 Å². The van der Waals surface area contributed by atoms with E-state index in [1.54, 1.807) is 0 Å². The lowest BCUT2D eigenvalue weighted by molar-refractivity contribution is 0.461. The Balaban J connectivity index is 1.87. The van der Waals surface area contributed by atoms with Crippen molar-refractivity contribution in [2.45, 2.75) is 38.6 Å². The largest absolute Gasteiger partial charge is 0.366 e. The molecule has 1 aliphatic carbocycles. The fraction of sp³-hybridized carbons (Fsp3) is 0.471. The van der Waals surface area contributed by atoms with Gasteiger partial charge >= 0.3 is 0 Å². The number of fused-ring (bicyclic) bond motifs is 1. The summed E-state index contributed by atoms with van der Waals surface area (Å²) in [7, 11) is 0. The number of hydrogen-bond acceptors (Lipinski definition) is 3. The van der Waals surface area contributed by atoms with Crippen LogP contribution in [-0.4, -0.2) is 17.6 Å². The van der Waals surface area contributed by atoms with Crippen molar-refractivity contribution in [3.8, 4) is 0 Å². The van der Waals surface area contributed by atoms with Crippen LogP contribution in [0, 0.1) is 12.8 Å². The Kier molecular flexibility index (Phi) is 3.88. The third-order valence-corrected chi connectivity index (χ3v) is 4.46. The van der Waals surface area contributed by atoms with E-state index in [1.165, 1.54) is 36.6 Å². The summed E-state index contributed by atoms with van der Waals surface area (Å²) in [6.07, 6.45) is 5.27. The molecule has 0 bridgehead atoms. The number of rotatable bonds is 4. The van der Waals surface area contributed by atoms with Gasteiger partial charge in [-0.2, -0.15) is 0 Å². The first-order chi connectivity index (χ1) is 9.78. The first-order valence-electron chi connectivity index (χ1n) is 7.61. The van der Waals surface area contributed by atoms with Crippen molar-refractivity contribution < 1.29 is 0 Å². The van der Waals surface area contributed by atoms with Crippen LogP contribution in [0.15, 0.2) is 30.3 Å². The summed E-state index contributed by atoms with van der Waals surface area (Å²) in [5.41, 5.74) is 8.21. The van der Waals surface area contributed by atoms with E-state index in [0.29, 0.717) is 18.5 Å². The Hall–Kier alpha value is -1.61. The molecule has 1 saturated carbocycles. The van der Waals surface area contributed by atoms with Crippen LogP contribution >= 0.6 is 0 Å². The third-order valence-electron chi connectivity index (χ3n) is 4.46. The van der Waals surface area contributed by atoms with Gasteiger partial charge in [0.15, 0.2) is 0 Å². The molecule has 1 aromatic heterocycles. The summed E-state index contributed by atoms with van der Waals surface area (Å²) in [6, 6.07) is 10.8. The van der Waals surface area contributed by atoms with E-state index in [0.717, 1.165) is 11.3 Å². The second-order valence-corrected chi connectivity index (χ2v) is 5.88. The fourth-order valence-electron chi connectivity index (χ4n) is 3.27. The molecule has 1 fully saturated rings. The Morgan fingerprint density at radius 1 is 1.30 bits per heavy atom. The minimum atomic E-state index is 0.352. The molecule has 3 N–H and O–H groups in total. The zero-order valence-corrected chi connectivity index (χ0v) is 12.1. The number of hydrogen-bond donors (Lipinski definition) is 2. The minimum Gasteiger partial charge on any atom is -0.366 e. The number of benzene rings is 1. The van der Waals surface area contributed by atoms with Crippen LogP contribution in [0.4, 0.5) is 5.82 Å². The van der Waals surface area contributed by atoms with Crippen LogP contribution in [0.1, 0.15) is 31.2 Å². The molecule has 0 radical (unpaired) electrons. The van der Waals surface area contributed by atoms with Crippen molar-refractivity contribution in [1.82, 2.24) is 4.98 Å². The second-order valence-electron chi connectivity index (χ2n) is 5.88. The monoisotopic (exact) mass is 269 g/mol. The lowest BCUT2D eigenvalue weighted by Gasteiger charge is -2.24. The van der Waals surface area contributed by atoms with Crippen molar-refractivity contribution >= 4 is 16.7 Å². The first kappa shape index (κ1) is 13.4. The highest BCUT2D eigenvalue weighted by molar-refractivity contribution is 5.81. The van der Waals surface area contributed by atoms with Crippen LogP contribution in [0.25, 0.3) is 10.9 Å². The summed E-state index contributed by atoms with van der Waals surface area (Å²) < 4.78 is 0. The van der Waals surface area contributed by atoms with Crippen molar-refractivity contribution in [3.63, 3.8) is 0 Å². The molecule has 3 rings (SSSR count). The Bertz CT molecular complexity index is 588. The molecule has 20 heavy (non-hydrogen) atoms. The highest BCUT2D eigenvalue weighted by atomic mass is 15.0. The van der Waals surface area contributed by atoms with Gasteiger partial charge in [-0.25, -0.2) is 4.98 Å². The van der Waals surface area contributed by atoms with Crippen LogP contribution in [0.2, 0.25) is 0 Å².